The Morgan fingerprint density at radius 1 is 1.27 bits per heavy atom. The average Bonchev–Trinajstić information content (AvgIpc) is 2.56. The Morgan fingerprint density at radius 3 is 2.68 bits per heavy atom. The third-order valence-corrected chi connectivity index (χ3v) is 4.25. The molecule has 1 aliphatic heterocycles. The number of aromatic nitrogens is 2. The largest absolute Gasteiger partial charge is 0.477 e. The van der Waals surface area contributed by atoms with Crippen LogP contribution in [0.5, 0.6) is 0 Å². The van der Waals surface area contributed by atoms with Crippen LogP contribution in [0.2, 0.25) is 0 Å². The lowest BCUT2D eigenvalue weighted by Crippen LogP contribution is -2.37. The first-order valence-corrected chi connectivity index (χ1v) is 7.93. The summed E-state index contributed by atoms with van der Waals surface area (Å²) in [5, 5.41) is 12.7. The number of rotatable bonds is 4. The number of hydrogen-bond donors (Lipinski definition) is 2. The second kappa shape index (κ2) is 6.91. The zero-order valence-corrected chi connectivity index (χ0v) is 12.6. The van der Waals surface area contributed by atoms with Gasteiger partial charge in [0.1, 0.15) is 11.4 Å². The summed E-state index contributed by atoms with van der Waals surface area (Å²) in [6.45, 7) is 2.76. The molecule has 1 aliphatic carbocycles. The SMILES string of the molecule is O=C(O)c1cnc(N2CCOCC2)nc1NC1CCCCC1. The number of ether oxygens (including phenoxy) is 1. The molecule has 0 unspecified atom stereocenters. The van der Waals surface area contributed by atoms with E-state index in [0.29, 0.717) is 31.0 Å². The van der Waals surface area contributed by atoms with Crippen molar-refractivity contribution in [2.24, 2.45) is 0 Å². The number of morpholine rings is 1. The maximum atomic E-state index is 11.4. The van der Waals surface area contributed by atoms with Crippen molar-refractivity contribution in [1.29, 1.82) is 0 Å². The molecule has 7 heteroatoms. The van der Waals surface area contributed by atoms with Gasteiger partial charge in [0.2, 0.25) is 5.95 Å². The molecule has 3 rings (SSSR count). The van der Waals surface area contributed by atoms with Crippen LogP contribution in [0.15, 0.2) is 6.20 Å². The normalized spacial score (nSPS) is 19.9. The molecule has 0 spiro atoms. The van der Waals surface area contributed by atoms with Crippen molar-refractivity contribution in [3.05, 3.63) is 11.8 Å². The molecule has 2 heterocycles. The fraction of sp³-hybridized carbons (Fsp3) is 0.667. The van der Waals surface area contributed by atoms with Crippen LogP contribution in [-0.2, 0) is 4.74 Å². The third kappa shape index (κ3) is 3.47. The highest BCUT2D eigenvalue weighted by Gasteiger charge is 2.21. The van der Waals surface area contributed by atoms with Crippen LogP contribution in [0, 0.1) is 0 Å². The number of anilines is 2. The monoisotopic (exact) mass is 306 g/mol. The van der Waals surface area contributed by atoms with Crippen LogP contribution in [0.25, 0.3) is 0 Å². The minimum atomic E-state index is -0.994. The van der Waals surface area contributed by atoms with E-state index in [1.807, 2.05) is 4.90 Å². The van der Waals surface area contributed by atoms with Crippen molar-refractivity contribution in [2.75, 3.05) is 36.5 Å². The molecule has 1 aromatic heterocycles. The van der Waals surface area contributed by atoms with Crippen LogP contribution < -0.4 is 10.2 Å². The molecule has 2 N–H and O–H groups in total. The van der Waals surface area contributed by atoms with Gasteiger partial charge in [-0.25, -0.2) is 9.78 Å². The number of nitrogens with zero attached hydrogens (tertiary/aromatic N) is 3. The van der Waals surface area contributed by atoms with Crippen molar-refractivity contribution in [1.82, 2.24) is 9.97 Å². The molecular weight excluding hydrogens is 284 g/mol. The van der Waals surface area contributed by atoms with Crippen LogP contribution >= 0.6 is 0 Å². The van der Waals surface area contributed by atoms with E-state index in [1.165, 1.54) is 25.5 Å². The lowest BCUT2D eigenvalue weighted by Gasteiger charge is -2.28. The first-order chi connectivity index (χ1) is 10.7. The predicted molar refractivity (Wildman–Crippen MR) is 82.5 cm³/mol. The third-order valence-electron chi connectivity index (χ3n) is 4.25. The number of carboxylic acids is 1. The molecule has 2 aliphatic rings. The Morgan fingerprint density at radius 2 is 2.00 bits per heavy atom. The first-order valence-electron chi connectivity index (χ1n) is 7.93. The summed E-state index contributed by atoms with van der Waals surface area (Å²) in [7, 11) is 0. The van der Waals surface area contributed by atoms with E-state index in [4.69, 9.17) is 4.74 Å². The van der Waals surface area contributed by atoms with Crippen LogP contribution in [0.4, 0.5) is 11.8 Å². The van der Waals surface area contributed by atoms with Crippen molar-refractivity contribution < 1.29 is 14.6 Å². The van der Waals surface area contributed by atoms with Gasteiger partial charge < -0.3 is 20.1 Å². The van der Waals surface area contributed by atoms with E-state index in [9.17, 15) is 9.90 Å². The topological polar surface area (TPSA) is 87.6 Å². The summed E-state index contributed by atoms with van der Waals surface area (Å²) in [5.74, 6) is 0.0225. The van der Waals surface area contributed by atoms with Crippen LogP contribution in [0.1, 0.15) is 42.5 Å². The van der Waals surface area contributed by atoms with Crippen molar-refractivity contribution in [3.63, 3.8) is 0 Å². The highest BCUT2D eigenvalue weighted by molar-refractivity contribution is 5.93. The Labute approximate surface area is 129 Å². The number of aromatic carboxylic acids is 1. The standard InChI is InChI=1S/C15H22N4O3/c20-14(21)12-10-16-15(19-6-8-22-9-7-19)18-13(12)17-11-4-2-1-3-5-11/h10-11H,1-9H2,(H,20,21)(H,16,17,18). The molecule has 0 atom stereocenters. The smallest absolute Gasteiger partial charge is 0.341 e. The summed E-state index contributed by atoms with van der Waals surface area (Å²) in [5.41, 5.74) is 0.141. The van der Waals surface area contributed by atoms with E-state index in [0.717, 1.165) is 25.9 Å². The van der Waals surface area contributed by atoms with Gasteiger partial charge >= 0.3 is 5.97 Å². The second-order valence-electron chi connectivity index (χ2n) is 5.82. The Balaban J connectivity index is 1.81. The van der Waals surface area contributed by atoms with Crippen LogP contribution in [0.3, 0.4) is 0 Å². The second-order valence-corrected chi connectivity index (χ2v) is 5.82. The number of carboxylic acid groups (broad SMARTS) is 1. The Hall–Kier alpha value is -1.89. The molecule has 0 radical (unpaired) electrons. The quantitative estimate of drug-likeness (QED) is 0.876. The number of carbonyl (C=O) groups is 1. The van der Waals surface area contributed by atoms with E-state index in [1.54, 1.807) is 0 Å². The highest BCUT2D eigenvalue weighted by atomic mass is 16.5. The lowest BCUT2D eigenvalue weighted by atomic mass is 9.95. The summed E-state index contributed by atoms with van der Waals surface area (Å²) < 4.78 is 5.33. The van der Waals surface area contributed by atoms with Gasteiger partial charge in [-0.3, -0.25) is 0 Å². The van der Waals surface area contributed by atoms with Crippen molar-refractivity contribution in [3.8, 4) is 0 Å². The molecule has 1 saturated carbocycles. The van der Waals surface area contributed by atoms with E-state index < -0.39 is 5.97 Å². The molecule has 1 aromatic rings. The van der Waals surface area contributed by atoms with Crippen molar-refractivity contribution >= 4 is 17.7 Å². The molecule has 1 saturated heterocycles. The fourth-order valence-corrected chi connectivity index (χ4v) is 3.00. The van der Waals surface area contributed by atoms with Gasteiger partial charge in [0.25, 0.3) is 0 Å². The van der Waals surface area contributed by atoms with Gasteiger partial charge in [-0.15, -0.1) is 0 Å². The minimum Gasteiger partial charge on any atom is -0.477 e. The van der Waals surface area contributed by atoms with Gasteiger partial charge in [-0.2, -0.15) is 4.98 Å². The Kier molecular flexibility index (Phi) is 4.72. The first kappa shape index (κ1) is 15.0. The number of nitrogens with one attached hydrogen (secondary N) is 1. The van der Waals surface area contributed by atoms with Gasteiger partial charge in [0.05, 0.1) is 13.2 Å². The summed E-state index contributed by atoms with van der Waals surface area (Å²) in [4.78, 5) is 22.1. The summed E-state index contributed by atoms with van der Waals surface area (Å²) in [6.07, 6.45) is 7.16. The lowest BCUT2D eigenvalue weighted by molar-refractivity contribution is 0.0697. The van der Waals surface area contributed by atoms with Gasteiger partial charge in [0, 0.05) is 25.3 Å². The molecule has 0 amide bonds. The zero-order chi connectivity index (χ0) is 15.4. The zero-order valence-electron chi connectivity index (χ0n) is 12.6. The van der Waals surface area contributed by atoms with Crippen molar-refractivity contribution in [2.45, 2.75) is 38.1 Å². The number of hydrogen-bond acceptors (Lipinski definition) is 6. The molecule has 120 valence electrons. The van der Waals surface area contributed by atoms with Gasteiger partial charge in [-0.05, 0) is 12.8 Å². The maximum absolute atomic E-state index is 11.4. The molecule has 2 fully saturated rings. The average molecular weight is 306 g/mol. The predicted octanol–water partition coefficient (Wildman–Crippen LogP) is 1.76. The molecular formula is C15H22N4O3. The molecule has 0 bridgehead atoms. The van der Waals surface area contributed by atoms with E-state index in [-0.39, 0.29) is 5.56 Å². The van der Waals surface area contributed by atoms with Gasteiger partial charge in [0.15, 0.2) is 0 Å². The highest BCUT2D eigenvalue weighted by Crippen LogP contribution is 2.24. The maximum Gasteiger partial charge on any atom is 0.341 e. The fourth-order valence-electron chi connectivity index (χ4n) is 3.00. The molecule has 22 heavy (non-hydrogen) atoms. The summed E-state index contributed by atoms with van der Waals surface area (Å²) in [6, 6.07) is 0.305. The Bertz CT molecular complexity index is 526. The van der Waals surface area contributed by atoms with E-state index in [2.05, 4.69) is 15.3 Å². The molecule has 7 nitrogen and oxygen atoms in total. The van der Waals surface area contributed by atoms with Gasteiger partial charge in [-0.1, -0.05) is 19.3 Å². The summed E-state index contributed by atoms with van der Waals surface area (Å²) >= 11 is 0. The van der Waals surface area contributed by atoms with Crippen LogP contribution in [-0.4, -0.2) is 53.4 Å². The minimum absolute atomic E-state index is 0.141. The molecule has 0 aromatic carbocycles. The van der Waals surface area contributed by atoms with E-state index >= 15 is 0 Å².